The van der Waals surface area contributed by atoms with Gasteiger partial charge in [-0.25, -0.2) is 11.0 Å². The van der Waals surface area contributed by atoms with Gasteiger partial charge in [-0.05, 0) is 62.4 Å². The number of carbonyl (C=O) groups is 1. The van der Waals surface area contributed by atoms with Crippen molar-refractivity contribution in [3.8, 4) is 17.3 Å². The van der Waals surface area contributed by atoms with E-state index in [9.17, 15) is 4.79 Å². The van der Waals surface area contributed by atoms with Crippen molar-refractivity contribution in [3.63, 3.8) is 0 Å². The summed E-state index contributed by atoms with van der Waals surface area (Å²) in [6.07, 6.45) is 6.92. The van der Waals surface area contributed by atoms with Gasteiger partial charge in [0.15, 0.2) is 5.82 Å². The van der Waals surface area contributed by atoms with Crippen LogP contribution in [0.25, 0.3) is 27.0 Å². The molecule has 6 rings (SSSR count). The van der Waals surface area contributed by atoms with Crippen molar-refractivity contribution < 1.29 is 13.9 Å². The number of ether oxygens (including phenoxy) is 1. The Kier molecular flexibility index (Phi) is 7.78. The number of aromatic nitrogens is 3. The molecule has 218 valence electrons. The third kappa shape index (κ3) is 5.18. The number of amides is 1. The van der Waals surface area contributed by atoms with Gasteiger partial charge in [0, 0.05) is 37.4 Å². The topological polar surface area (TPSA) is 79.1 Å². The second-order valence-electron chi connectivity index (χ2n) is 11.7. The number of likely N-dealkylation sites (N-methyl/N-ethyl adjacent to an activating group) is 1. The van der Waals surface area contributed by atoms with E-state index in [2.05, 4.69) is 46.3 Å². The van der Waals surface area contributed by atoms with Gasteiger partial charge in [0.05, 0.1) is 5.39 Å². The molecule has 10 heteroatoms. The Bertz CT molecular complexity index is 1570. The molecule has 0 N–H and O–H groups in total. The standard InChI is InChI=1S/C32H36FN7O2/c1-5-27(41)40-13-12-39(18-23(40)16-34-3)31-26-17-35-29(24-10-6-8-21-14-20(2)15-25(21)24)28(33)30(26)36-32(37-31)42-19-22-9-7-11-38(22)4/h5-6,8,10,17,20,22-23H,1,7,9,11-16,18-19H2,2,4H3/t20?,22-,23-/m0/s1. The van der Waals surface area contributed by atoms with Gasteiger partial charge in [-0.2, -0.15) is 9.97 Å². The summed E-state index contributed by atoms with van der Waals surface area (Å²) < 4.78 is 22.7. The quantitative estimate of drug-likeness (QED) is 0.312. The van der Waals surface area contributed by atoms with E-state index in [1.807, 2.05) is 17.0 Å². The Morgan fingerprint density at radius 3 is 2.86 bits per heavy atom. The minimum absolute atomic E-state index is 0.118. The Balaban J connectivity index is 1.42. The molecule has 1 aliphatic carbocycles. The number of nitrogens with zero attached hydrogens (tertiary/aromatic N) is 7. The largest absolute Gasteiger partial charge is 0.462 e. The summed E-state index contributed by atoms with van der Waals surface area (Å²) in [5.41, 5.74) is 3.64. The zero-order valence-corrected chi connectivity index (χ0v) is 24.2. The van der Waals surface area contributed by atoms with E-state index < -0.39 is 5.82 Å². The molecule has 1 unspecified atom stereocenters. The van der Waals surface area contributed by atoms with E-state index >= 15 is 4.39 Å². The molecule has 2 aromatic heterocycles. The predicted molar refractivity (Wildman–Crippen MR) is 160 cm³/mol. The van der Waals surface area contributed by atoms with Crippen molar-refractivity contribution in [2.45, 2.75) is 44.7 Å². The Morgan fingerprint density at radius 1 is 1.24 bits per heavy atom. The molecule has 3 aromatic rings. The summed E-state index contributed by atoms with van der Waals surface area (Å²) in [5, 5.41) is 0.479. The van der Waals surface area contributed by atoms with Crippen LogP contribution in [-0.4, -0.2) is 89.1 Å². The van der Waals surface area contributed by atoms with Gasteiger partial charge in [-0.15, -0.1) is 0 Å². The van der Waals surface area contributed by atoms with Crippen LogP contribution in [0.2, 0.25) is 0 Å². The number of fused-ring (bicyclic) bond motifs is 2. The van der Waals surface area contributed by atoms with Crippen LogP contribution in [0.5, 0.6) is 6.01 Å². The number of carbonyl (C=O) groups excluding carboxylic acids is 1. The summed E-state index contributed by atoms with van der Waals surface area (Å²) in [4.78, 5) is 36.0. The van der Waals surface area contributed by atoms with Gasteiger partial charge in [0.2, 0.25) is 12.5 Å². The minimum Gasteiger partial charge on any atom is -0.462 e. The van der Waals surface area contributed by atoms with Crippen LogP contribution in [0.15, 0.2) is 37.1 Å². The normalized spacial score (nSPS) is 22.3. The molecule has 1 aromatic carbocycles. The highest BCUT2D eigenvalue weighted by atomic mass is 19.1. The molecule has 3 aliphatic rings. The third-order valence-electron chi connectivity index (χ3n) is 8.91. The van der Waals surface area contributed by atoms with Crippen LogP contribution in [0, 0.1) is 18.3 Å². The maximum atomic E-state index is 16.5. The summed E-state index contributed by atoms with van der Waals surface area (Å²) in [5.74, 6) is 0.301. The average Bonchev–Trinajstić information content (AvgIpc) is 3.59. The van der Waals surface area contributed by atoms with Crippen molar-refractivity contribution in [2.75, 3.05) is 51.3 Å². The van der Waals surface area contributed by atoms with Crippen LogP contribution in [0.3, 0.4) is 0 Å². The molecular formula is C32H36FN7O2. The molecule has 2 fully saturated rings. The van der Waals surface area contributed by atoms with E-state index in [1.54, 1.807) is 11.1 Å². The fourth-order valence-corrected chi connectivity index (χ4v) is 6.68. The monoisotopic (exact) mass is 569 g/mol. The number of hydrogen-bond acceptors (Lipinski definition) is 7. The van der Waals surface area contributed by atoms with E-state index in [-0.39, 0.29) is 41.8 Å². The molecule has 0 radical (unpaired) electrons. The second-order valence-corrected chi connectivity index (χ2v) is 11.7. The number of pyridine rings is 1. The lowest BCUT2D eigenvalue weighted by Gasteiger charge is -2.39. The lowest BCUT2D eigenvalue weighted by atomic mass is 9.99. The van der Waals surface area contributed by atoms with Gasteiger partial charge in [-0.1, -0.05) is 31.7 Å². The first-order valence-electron chi connectivity index (χ1n) is 14.7. The predicted octanol–water partition coefficient (Wildman–Crippen LogP) is 4.16. The van der Waals surface area contributed by atoms with Crippen molar-refractivity contribution in [2.24, 2.45) is 5.92 Å². The lowest BCUT2D eigenvalue weighted by molar-refractivity contribution is -0.128. The van der Waals surface area contributed by atoms with Gasteiger partial charge >= 0.3 is 6.01 Å². The smallest absolute Gasteiger partial charge is 0.319 e. The van der Waals surface area contributed by atoms with Gasteiger partial charge in [0.25, 0.3) is 0 Å². The maximum absolute atomic E-state index is 16.5. The van der Waals surface area contributed by atoms with Crippen molar-refractivity contribution >= 4 is 22.6 Å². The molecule has 0 spiro atoms. The van der Waals surface area contributed by atoms with E-state index in [4.69, 9.17) is 16.3 Å². The first kappa shape index (κ1) is 28.0. The summed E-state index contributed by atoms with van der Waals surface area (Å²) in [7, 11) is 2.08. The van der Waals surface area contributed by atoms with Crippen molar-refractivity contribution in [3.05, 3.63) is 65.4 Å². The first-order valence-corrected chi connectivity index (χ1v) is 14.7. The SMILES string of the molecule is [C-]#[N+]C[C@H]1CN(c2nc(OC[C@@H]3CCCN3C)nc3c(F)c(-c4cccc5c4CC(C)C5)ncc23)CCN1C(=O)C=C. The molecule has 0 bridgehead atoms. The maximum Gasteiger partial charge on any atom is 0.319 e. The Labute approximate surface area is 245 Å². The minimum atomic E-state index is -0.495. The number of piperazine rings is 1. The van der Waals surface area contributed by atoms with Crippen molar-refractivity contribution in [1.82, 2.24) is 24.8 Å². The second kappa shape index (κ2) is 11.6. The van der Waals surface area contributed by atoms with Gasteiger partial charge < -0.3 is 24.3 Å². The molecule has 0 saturated carbocycles. The van der Waals surface area contributed by atoms with E-state index in [0.717, 1.165) is 43.4 Å². The Morgan fingerprint density at radius 2 is 2.10 bits per heavy atom. The van der Waals surface area contributed by atoms with Crippen LogP contribution >= 0.6 is 0 Å². The Hall–Kier alpha value is -4.10. The highest BCUT2D eigenvalue weighted by Gasteiger charge is 2.34. The summed E-state index contributed by atoms with van der Waals surface area (Å²) >= 11 is 0. The molecule has 42 heavy (non-hydrogen) atoms. The highest BCUT2D eigenvalue weighted by molar-refractivity contribution is 5.93. The van der Waals surface area contributed by atoms with Crippen LogP contribution in [-0.2, 0) is 17.6 Å². The summed E-state index contributed by atoms with van der Waals surface area (Å²) in [6.45, 7) is 16.1. The van der Waals surface area contributed by atoms with Gasteiger partial charge in [-0.3, -0.25) is 9.78 Å². The molecule has 4 heterocycles. The molecule has 1 amide bonds. The third-order valence-corrected chi connectivity index (χ3v) is 8.91. The number of likely N-dealkylation sites (tertiary alicyclic amines) is 1. The van der Waals surface area contributed by atoms with E-state index in [1.165, 1.54) is 11.6 Å². The van der Waals surface area contributed by atoms with Crippen LogP contribution < -0.4 is 9.64 Å². The molecule has 3 atom stereocenters. The zero-order chi connectivity index (χ0) is 29.4. The van der Waals surface area contributed by atoms with Crippen molar-refractivity contribution in [1.29, 1.82) is 0 Å². The van der Waals surface area contributed by atoms with Gasteiger partial charge in [0.1, 0.15) is 29.7 Å². The molecular weight excluding hydrogens is 533 g/mol. The number of anilines is 1. The number of benzene rings is 1. The molecule has 2 saturated heterocycles. The zero-order valence-electron chi connectivity index (χ0n) is 24.2. The fourth-order valence-electron chi connectivity index (χ4n) is 6.68. The first-order chi connectivity index (χ1) is 20.4. The lowest BCUT2D eigenvalue weighted by Crippen LogP contribution is -2.56. The molecule has 2 aliphatic heterocycles. The van der Waals surface area contributed by atoms with Crippen LogP contribution in [0.1, 0.15) is 30.9 Å². The number of halogens is 1. The fraction of sp³-hybridized carbons (Fsp3) is 0.469. The average molecular weight is 570 g/mol. The highest BCUT2D eigenvalue weighted by Crippen LogP contribution is 2.38. The number of hydrogen-bond donors (Lipinski definition) is 0. The summed E-state index contributed by atoms with van der Waals surface area (Å²) in [6, 6.07) is 6.03. The molecule has 9 nitrogen and oxygen atoms in total. The number of rotatable bonds is 7. The van der Waals surface area contributed by atoms with E-state index in [0.29, 0.717) is 43.4 Å². The van der Waals surface area contributed by atoms with Crippen LogP contribution in [0.4, 0.5) is 10.2 Å².